The number of piperidine rings is 1. The molecule has 17 heavy (non-hydrogen) atoms. The molecule has 1 rings (SSSR count). The smallest absolute Gasteiger partial charge is 0.317 e. The number of alkyl halides is 3. The zero-order valence-corrected chi connectivity index (χ0v) is 10.8. The van der Waals surface area contributed by atoms with E-state index in [1.807, 2.05) is 7.05 Å². The van der Waals surface area contributed by atoms with E-state index in [2.05, 4.69) is 24.1 Å². The highest BCUT2D eigenvalue weighted by Crippen LogP contribution is 2.26. The van der Waals surface area contributed by atoms with Gasteiger partial charge in [-0.15, -0.1) is 0 Å². The second kappa shape index (κ2) is 6.05. The first-order chi connectivity index (χ1) is 7.85. The largest absolute Gasteiger partial charge is 0.389 e. The fourth-order valence-electron chi connectivity index (χ4n) is 2.65. The Kier molecular flexibility index (Phi) is 5.25. The highest BCUT2D eigenvalue weighted by atomic mass is 19.4. The van der Waals surface area contributed by atoms with Crippen molar-refractivity contribution in [2.24, 2.45) is 5.92 Å². The molecule has 0 radical (unpaired) electrons. The molecule has 102 valence electrons. The van der Waals surface area contributed by atoms with E-state index in [9.17, 15) is 13.2 Å². The van der Waals surface area contributed by atoms with Crippen LogP contribution in [0.4, 0.5) is 13.2 Å². The van der Waals surface area contributed by atoms with E-state index in [-0.39, 0.29) is 6.42 Å². The van der Waals surface area contributed by atoms with Gasteiger partial charge in [-0.2, -0.15) is 13.2 Å². The van der Waals surface area contributed by atoms with E-state index < -0.39 is 12.6 Å². The van der Waals surface area contributed by atoms with Gasteiger partial charge in [0.15, 0.2) is 0 Å². The van der Waals surface area contributed by atoms with Gasteiger partial charge < -0.3 is 10.2 Å². The molecule has 3 atom stereocenters. The van der Waals surface area contributed by atoms with Crippen molar-refractivity contribution in [3.8, 4) is 0 Å². The molecule has 0 saturated carbocycles. The molecule has 0 aliphatic carbocycles. The van der Waals surface area contributed by atoms with E-state index in [0.29, 0.717) is 24.5 Å². The van der Waals surface area contributed by atoms with Gasteiger partial charge in [-0.1, -0.05) is 6.92 Å². The van der Waals surface area contributed by atoms with Gasteiger partial charge >= 0.3 is 6.18 Å². The van der Waals surface area contributed by atoms with Crippen LogP contribution in [-0.2, 0) is 0 Å². The van der Waals surface area contributed by atoms with Crippen molar-refractivity contribution in [1.82, 2.24) is 10.2 Å². The summed E-state index contributed by atoms with van der Waals surface area (Å²) in [5.41, 5.74) is 0. The summed E-state index contributed by atoms with van der Waals surface area (Å²) in [5, 5.41) is 3.28. The first kappa shape index (κ1) is 14.8. The number of hydrogen-bond donors (Lipinski definition) is 1. The predicted octanol–water partition coefficient (Wildman–Crippen LogP) is 2.65. The molecular weight excluding hydrogens is 229 g/mol. The van der Waals surface area contributed by atoms with Crippen molar-refractivity contribution in [3.63, 3.8) is 0 Å². The Hall–Kier alpha value is -0.290. The normalized spacial score (nSPS) is 31.8. The van der Waals surface area contributed by atoms with Crippen LogP contribution in [0.1, 0.15) is 33.1 Å². The van der Waals surface area contributed by atoms with Crippen LogP contribution in [0.25, 0.3) is 0 Å². The topological polar surface area (TPSA) is 15.3 Å². The van der Waals surface area contributed by atoms with Crippen LogP contribution in [0.15, 0.2) is 0 Å². The van der Waals surface area contributed by atoms with Crippen LogP contribution in [0, 0.1) is 5.92 Å². The average Bonchev–Trinajstić information content (AvgIpc) is 2.23. The minimum atomic E-state index is -4.02. The van der Waals surface area contributed by atoms with Crippen LogP contribution in [0.3, 0.4) is 0 Å². The second-order valence-corrected chi connectivity index (χ2v) is 5.04. The van der Waals surface area contributed by atoms with Crippen molar-refractivity contribution in [2.75, 3.05) is 20.1 Å². The van der Waals surface area contributed by atoms with Gasteiger partial charge in [0.05, 0.1) is 0 Å². The van der Waals surface area contributed by atoms with Crippen molar-refractivity contribution < 1.29 is 13.2 Å². The molecule has 0 bridgehead atoms. The number of halogens is 3. The number of nitrogens with one attached hydrogen (secondary N) is 1. The Labute approximate surface area is 102 Å². The molecule has 0 aromatic heterocycles. The van der Waals surface area contributed by atoms with Crippen LogP contribution < -0.4 is 5.32 Å². The highest BCUT2D eigenvalue weighted by molar-refractivity contribution is 4.87. The number of rotatable bonds is 4. The van der Waals surface area contributed by atoms with Gasteiger partial charge in [-0.3, -0.25) is 0 Å². The maximum absolute atomic E-state index is 12.1. The summed E-state index contributed by atoms with van der Waals surface area (Å²) in [6.07, 6.45) is -3.45. The van der Waals surface area contributed by atoms with E-state index in [1.54, 1.807) is 0 Å². The Bertz CT molecular complexity index is 230. The zero-order chi connectivity index (χ0) is 13.1. The van der Waals surface area contributed by atoms with Crippen molar-refractivity contribution in [3.05, 3.63) is 0 Å². The number of likely N-dealkylation sites (tertiary alicyclic amines) is 1. The van der Waals surface area contributed by atoms with E-state index >= 15 is 0 Å². The molecule has 3 unspecified atom stereocenters. The SMILES string of the molecule is CNC1CCN(CCCC(F)(F)F)C(C)C1C. The van der Waals surface area contributed by atoms with Gasteiger partial charge in [0.25, 0.3) is 0 Å². The molecule has 2 nitrogen and oxygen atoms in total. The third-order valence-corrected chi connectivity index (χ3v) is 3.98. The van der Waals surface area contributed by atoms with Crippen molar-refractivity contribution in [1.29, 1.82) is 0 Å². The third kappa shape index (κ3) is 4.47. The Morgan fingerprint density at radius 2 is 1.94 bits per heavy atom. The van der Waals surface area contributed by atoms with Crippen LogP contribution in [0.5, 0.6) is 0 Å². The Balaban J connectivity index is 2.35. The molecule has 1 aliphatic rings. The maximum Gasteiger partial charge on any atom is 0.389 e. The summed E-state index contributed by atoms with van der Waals surface area (Å²) in [6, 6.07) is 0.846. The van der Waals surface area contributed by atoms with Gasteiger partial charge in [0.2, 0.25) is 0 Å². The van der Waals surface area contributed by atoms with E-state index in [4.69, 9.17) is 0 Å². The minimum Gasteiger partial charge on any atom is -0.317 e. The highest BCUT2D eigenvalue weighted by Gasteiger charge is 2.32. The summed E-state index contributed by atoms with van der Waals surface area (Å²) in [4.78, 5) is 2.18. The lowest BCUT2D eigenvalue weighted by Gasteiger charge is -2.42. The molecular formula is C12H23F3N2. The first-order valence-electron chi connectivity index (χ1n) is 6.33. The molecule has 1 fully saturated rings. The quantitative estimate of drug-likeness (QED) is 0.827. The number of nitrogens with zero attached hydrogens (tertiary/aromatic N) is 1. The van der Waals surface area contributed by atoms with Crippen LogP contribution in [0.2, 0.25) is 0 Å². The molecule has 0 amide bonds. The first-order valence-corrected chi connectivity index (χ1v) is 6.33. The Morgan fingerprint density at radius 3 is 2.47 bits per heavy atom. The predicted molar refractivity (Wildman–Crippen MR) is 63.0 cm³/mol. The van der Waals surface area contributed by atoms with Crippen LogP contribution in [-0.4, -0.2) is 43.3 Å². The Morgan fingerprint density at radius 1 is 1.29 bits per heavy atom. The standard InChI is InChI=1S/C12H23F3N2/c1-9-10(2)17(8-5-11(9)16-3)7-4-6-12(13,14)15/h9-11,16H,4-8H2,1-3H3. The van der Waals surface area contributed by atoms with Gasteiger partial charge in [0, 0.05) is 18.5 Å². The van der Waals surface area contributed by atoms with Crippen molar-refractivity contribution >= 4 is 0 Å². The maximum atomic E-state index is 12.1. The van der Waals surface area contributed by atoms with Gasteiger partial charge in [-0.05, 0) is 45.8 Å². The van der Waals surface area contributed by atoms with Crippen LogP contribution >= 0.6 is 0 Å². The molecule has 1 saturated heterocycles. The zero-order valence-electron chi connectivity index (χ0n) is 10.8. The second-order valence-electron chi connectivity index (χ2n) is 5.04. The minimum absolute atomic E-state index is 0.213. The molecule has 0 spiro atoms. The van der Waals surface area contributed by atoms with E-state index in [0.717, 1.165) is 13.0 Å². The summed E-state index contributed by atoms with van der Waals surface area (Å²) >= 11 is 0. The summed E-state index contributed by atoms with van der Waals surface area (Å²) in [7, 11) is 1.95. The average molecular weight is 252 g/mol. The molecule has 1 heterocycles. The van der Waals surface area contributed by atoms with Crippen molar-refractivity contribution in [2.45, 2.75) is 51.4 Å². The van der Waals surface area contributed by atoms with E-state index in [1.165, 1.54) is 0 Å². The lowest BCUT2D eigenvalue weighted by molar-refractivity contribution is -0.136. The van der Waals surface area contributed by atoms with Gasteiger partial charge in [-0.25, -0.2) is 0 Å². The molecule has 1 aliphatic heterocycles. The fourth-order valence-corrected chi connectivity index (χ4v) is 2.65. The molecule has 0 aromatic carbocycles. The fraction of sp³-hybridized carbons (Fsp3) is 1.00. The summed E-state index contributed by atoms with van der Waals surface area (Å²) in [5.74, 6) is 0.486. The molecule has 0 aromatic rings. The molecule has 5 heteroatoms. The third-order valence-electron chi connectivity index (χ3n) is 3.98. The summed E-state index contributed by atoms with van der Waals surface area (Å²) < 4.78 is 36.2. The summed E-state index contributed by atoms with van der Waals surface area (Å²) in [6.45, 7) is 5.74. The van der Waals surface area contributed by atoms with Gasteiger partial charge in [0.1, 0.15) is 0 Å². The lowest BCUT2D eigenvalue weighted by atomic mass is 9.87. The monoisotopic (exact) mass is 252 g/mol. The molecule has 1 N–H and O–H groups in total. The lowest BCUT2D eigenvalue weighted by Crippen LogP contribution is -2.52. The number of hydrogen-bond acceptors (Lipinski definition) is 2.